The number of benzene rings is 2. The molecule has 2 aromatic carbocycles. The molecule has 2 aromatic rings. The Morgan fingerprint density at radius 1 is 1.06 bits per heavy atom. The van der Waals surface area contributed by atoms with Gasteiger partial charge in [0, 0.05) is 24.1 Å². The Bertz CT molecular complexity index is 540. The average molecular weight is 263 g/mol. The minimum Gasteiger partial charge on any atom is -0.495 e. The van der Waals surface area contributed by atoms with Crippen LogP contribution in [0, 0.1) is 0 Å². The van der Waals surface area contributed by atoms with Crippen molar-refractivity contribution in [2.45, 2.75) is 0 Å². The number of nitrogen functional groups attached to an aromatic ring is 1. The van der Waals surface area contributed by atoms with E-state index in [9.17, 15) is 0 Å². The lowest BCUT2D eigenvalue weighted by Crippen LogP contribution is -2.09. The fourth-order valence-corrected chi connectivity index (χ4v) is 1.96. The van der Waals surface area contributed by atoms with Gasteiger partial charge in [-0.25, -0.2) is 0 Å². The summed E-state index contributed by atoms with van der Waals surface area (Å²) in [6.45, 7) is 0. The Hall–Kier alpha value is -1.87. The van der Waals surface area contributed by atoms with E-state index in [-0.39, 0.29) is 0 Å². The smallest absolute Gasteiger partial charge is 0.137 e. The van der Waals surface area contributed by atoms with Crippen LogP contribution in [-0.4, -0.2) is 14.2 Å². The first-order valence-corrected chi connectivity index (χ1v) is 5.92. The summed E-state index contributed by atoms with van der Waals surface area (Å²) < 4.78 is 5.13. The van der Waals surface area contributed by atoms with E-state index in [0.717, 1.165) is 17.1 Å². The number of nitrogens with two attached hydrogens (primary N) is 1. The SMILES string of the molecule is COc1ccc(N(C)c2ccc(N)cc2)cc1Cl. The standard InChI is InChI=1S/C14H15ClN2O/c1-17(11-5-3-10(16)4-6-11)12-7-8-14(18-2)13(15)9-12/h3-9H,16H2,1-2H3. The van der Waals surface area contributed by atoms with Gasteiger partial charge in [0.15, 0.2) is 0 Å². The predicted molar refractivity (Wildman–Crippen MR) is 76.9 cm³/mol. The third kappa shape index (κ3) is 2.51. The fourth-order valence-electron chi connectivity index (χ4n) is 1.71. The van der Waals surface area contributed by atoms with Gasteiger partial charge in [0.1, 0.15) is 5.75 Å². The molecule has 3 nitrogen and oxygen atoms in total. The van der Waals surface area contributed by atoms with E-state index >= 15 is 0 Å². The maximum atomic E-state index is 6.11. The number of hydrogen-bond donors (Lipinski definition) is 1. The molecular formula is C14H15ClN2O. The third-order valence-corrected chi connectivity index (χ3v) is 3.10. The van der Waals surface area contributed by atoms with Gasteiger partial charge in [-0.2, -0.15) is 0 Å². The Kier molecular flexibility index (Phi) is 3.63. The molecule has 0 fully saturated rings. The summed E-state index contributed by atoms with van der Waals surface area (Å²) >= 11 is 6.11. The second-order valence-corrected chi connectivity index (χ2v) is 4.38. The molecule has 4 heteroatoms. The topological polar surface area (TPSA) is 38.5 Å². The lowest BCUT2D eigenvalue weighted by Gasteiger charge is -2.20. The predicted octanol–water partition coefficient (Wildman–Crippen LogP) is 3.70. The zero-order chi connectivity index (χ0) is 13.1. The molecule has 0 aliphatic carbocycles. The van der Waals surface area contributed by atoms with Crippen LogP contribution in [0.1, 0.15) is 0 Å². The Morgan fingerprint density at radius 3 is 2.22 bits per heavy atom. The van der Waals surface area contributed by atoms with Gasteiger partial charge in [-0.15, -0.1) is 0 Å². The number of anilines is 3. The van der Waals surface area contributed by atoms with Crippen molar-refractivity contribution in [2.75, 3.05) is 24.8 Å². The maximum absolute atomic E-state index is 6.11. The molecular weight excluding hydrogens is 248 g/mol. The number of methoxy groups -OCH3 is 1. The van der Waals surface area contributed by atoms with Gasteiger partial charge in [0.2, 0.25) is 0 Å². The average Bonchev–Trinajstić information content (AvgIpc) is 2.38. The summed E-state index contributed by atoms with van der Waals surface area (Å²) in [5.74, 6) is 0.672. The van der Waals surface area contributed by atoms with Gasteiger partial charge in [0.25, 0.3) is 0 Å². The highest BCUT2D eigenvalue weighted by atomic mass is 35.5. The van der Waals surface area contributed by atoms with Gasteiger partial charge in [-0.3, -0.25) is 0 Å². The molecule has 94 valence electrons. The van der Waals surface area contributed by atoms with E-state index in [4.69, 9.17) is 22.1 Å². The van der Waals surface area contributed by atoms with E-state index in [1.54, 1.807) is 7.11 Å². The highest BCUT2D eigenvalue weighted by Crippen LogP contribution is 2.31. The number of ether oxygens (including phenoxy) is 1. The van der Waals surface area contributed by atoms with Crippen molar-refractivity contribution in [1.29, 1.82) is 0 Å². The summed E-state index contributed by atoms with van der Waals surface area (Å²) in [7, 11) is 3.58. The lowest BCUT2D eigenvalue weighted by molar-refractivity contribution is 0.415. The normalized spacial score (nSPS) is 10.2. The van der Waals surface area contributed by atoms with Crippen molar-refractivity contribution in [3.05, 3.63) is 47.5 Å². The Morgan fingerprint density at radius 2 is 1.67 bits per heavy atom. The van der Waals surface area contributed by atoms with Crippen LogP contribution >= 0.6 is 11.6 Å². The molecule has 18 heavy (non-hydrogen) atoms. The van der Waals surface area contributed by atoms with Crippen LogP contribution in [0.5, 0.6) is 5.75 Å². The second kappa shape index (κ2) is 5.19. The van der Waals surface area contributed by atoms with Crippen LogP contribution in [0.4, 0.5) is 17.1 Å². The van der Waals surface area contributed by atoms with Gasteiger partial charge >= 0.3 is 0 Å². The molecule has 0 amide bonds. The maximum Gasteiger partial charge on any atom is 0.137 e. The van der Waals surface area contributed by atoms with Crippen molar-refractivity contribution < 1.29 is 4.74 Å². The number of hydrogen-bond acceptors (Lipinski definition) is 3. The van der Waals surface area contributed by atoms with E-state index in [0.29, 0.717) is 10.8 Å². The zero-order valence-corrected chi connectivity index (χ0v) is 11.1. The van der Waals surface area contributed by atoms with Crippen LogP contribution in [-0.2, 0) is 0 Å². The van der Waals surface area contributed by atoms with E-state index in [2.05, 4.69) is 0 Å². The molecule has 0 saturated carbocycles. The first-order valence-electron chi connectivity index (χ1n) is 5.54. The molecule has 0 radical (unpaired) electrons. The molecule has 0 atom stereocenters. The van der Waals surface area contributed by atoms with Crippen LogP contribution in [0.3, 0.4) is 0 Å². The summed E-state index contributed by atoms with van der Waals surface area (Å²) in [5, 5.41) is 0.595. The van der Waals surface area contributed by atoms with E-state index in [1.807, 2.05) is 54.4 Å². The Labute approximate surface area is 112 Å². The summed E-state index contributed by atoms with van der Waals surface area (Å²) in [5.41, 5.74) is 8.46. The quantitative estimate of drug-likeness (QED) is 0.858. The first kappa shape index (κ1) is 12.6. The monoisotopic (exact) mass is 262 g/mol. The number of nitrogens with zero attached hydrogens (tertiary/aromatic N) is 1. The van der Waals surface area contributed by atoms with Gasteiger partial charge < -0.3 is 15.4 Å². The van der Waals surface area contributed by atoms with E-state index < -0.39 is 0 Å². The molecule has 2 rings (SSSR count). The van der Waals surface area contributed by atoms with Crippen LogP contribution < -0.4 is 15.4 Å². The molecule has 0 unspecified atom stereocenters. The molecule has 0 aliphatic heterocycles. The van der Waals surface area contributed by atoms with Crippen molar-refractivity contribution in [1.82, 2.24) is 0 Å². The van der Waals surface area contributed by atoms with E-state index in [1.165, 1.54) is 0 Å². The number of rotatable bonds is 3. The molecule has 0 aliphatic rings. The minimum atomic E-state index is 0.595. The Balaban J connectivity index is 2.31. The second-order valence-electron chi connectivity index (χ2n) is 3.97. The summed E-state index contributed by atoms with van der Waals surface area (Å²) in [4.78, 5) is 2.03. The number of halogens is 1. The highest BCUT2D eigenvalue weighted by Gasteiger charge is 2.07. The minimum absolute atomic E-state index is 0.595. The molecule has 0 aromatic heterocycles. The molecule has 0 heterocycles. The van der Waals surface area contributed by atoms with Crippen molar-refractivity contribution in [3.63, 3.8) is 0 Å². The zero-order valence-electron chi connectivity index (χ0n) is 10.4. The largest absolute Gasteiger partial charge is 0.495 e. The summed E-state index contributed by atoms with van der Waals surface area (Å²) in [6, 6.07) is 13.4. The third-order valence-electron chi connectivity index (χ3n) is 2.80. The van der Waals surface area contributed by atoms with Crippen LogP contribution in [0.25, 0.3) is 0 Å². The van der Waals surface area contributed by atoms with Crippen molar-refractivity contribution in [3.8, 4) is 5.75 Å². The van der Waals surface area contributed by atoms with Crippen LogP contribution in [0.2, 0.25) is 5.02 Å². The van der Waals surface area contributed by atoms with Gasteiger partial charge in [-0.1, -0.05) is 11.6 Å². The van der Waals surface area contributed by atoms with Gasteiger partial charge in [-0.05, 0) is 42.5 Å². The highest BCUT2D eigenvalue weighted by molar-refractivity contribution is 6.32. The molecule has 0 spiro atoms. The molecule has 0 saturated heterocycles. The summed E-state index contributed by atoms with van der Waals surface area (Å²) in [6.07, 6.45) is 0. The molecule has 0 bridgehead atoms. The van der Waals surface area contributed by atoms with Crippen molar-refractivity contribution in [2.24, 2.45) is 0 Å². The van der Waals surface area contributed by atoms with Crippen LogP contribution in [0.15, 0.2) is 42.5 Å². The first-order chi connectivity index (χ1) is 8.61. The molecule has 2 N–H and O–H groups in total. The fraction of sp³-hybridized carbons (Fsp3) is 0.143. The van der Waals surface area contributed by atoms with Gasteiger partial charge in [0.05, 0.1) is 12.1 Å². The lowest BCUT2D eigenvalue weighted by atomic mass is 10.2. The van der Waals surface area contributed by atoms with Crippen molar-refractivity contribution >= 4 is 28.7 Å².